The normalized spacial score (nSPS) is 26.9. The lowest BCUT2D eigenvalue weighted by atomic mass is 9.48. The molecule has 278 valence electrons. The zero-order chi connectivity index (χ0) is 38.6. The number of alkyl halides is 3. The molecule has 3 aromatic carbocycles. The number of carbonyl (C=O) groups is 4. The van der Waals surface area contributed by atoms with E-state index in [9.17, 15) is 32.7 Å². The summed E-state index contributed by atoms with van der Waals surface area (Å²) in [5, 5.41) is 13.8. The minimum atomic E-state index is -4.75. The van der Waals surface area contributed by atoms with Crippen LogP contribution in [0.1, 0.15) is 56.2 Å². The van der Waals surface area contributed by atoms with Gasteiger partial charge in [-0.2, -0.15) is 18.2 Å². The summed E-state index contributed by atoms with van der Waals surface area (Å²) < 4.78 is 40.5. The van der Waals surface area contributed by atoms with Crippen LogP contribution < -0.4 is 5.43 Å². The van der Waals surface area contributed by atoms with Gasteiger partial charge in [0.15, 0.2) is 5.82 Å². The molecule has 9 nitrogen and oxygen atoms in total. The Hall–Kier alpha value is -4.94. The zero-order valence-electron chi connectivity index (χ0n) is 29.1. The minimum Gasteiger partial charge on any atom is -0.508 e. The number of pyridine rings is 1. The number of aromatic hydroxyl groups is 1. The number of hydrogen-bond donors (Lipinski definition) is 2. The molecule has 1 aromatic heterocycles. The quantitative estimate of drug-likeness (QED) is 0.159. The first kappa shape index (κ1) is 36.1. The van der Waals surface area contributed by atoms with Crippen molar-refractivity contribution in [3.63, 3.8) is 0 Å². The molecule has 2 saturated heterocycles. The number of anilines is 1. The van der Waals surface area contributed by atoms with Crippen molar-refractivity contribution in [3.8, 4) is 5.75 Å². The molecule has 4 aliphatic rings. The summed E-state index contributed by atoms with van der Waals surface area (Å²) in [6.45, 7) is 5.34. The molecule has 1 saturated carbocycles. The van der Waals surface area contributed by atoms with Crippen molar-refractivity contribution >= 4 is 63.4 Å². The number of benzene rings is 3. The second-order valence-corrected chi connectivity index (χ2v) is 16.2. The standard InChI is InChI=1S/C40H33Cl2F3N4O5/c1-38(2,3)48-34(51)25-14-13-24-26(30(25)36(48)53)17-27-35(52)49(47-33-28(42)16-21(18-46-33)40(43,44)45)37(54)39(27,20-9-11-22(41)12-10-20)32(24)31-23-7-5-4-6-19(23)8-15-29(31)50/h4-13,15-16,18,25-27,30,32,50H,14,17H2,1-3H3,(H,46,47)/t25-,26+,27-,30-,32+,39+/m0/s1. The molecule has 14 heteroatoms. The van der Waals surface area contributed by atoms with Gasteiger partial charge in [-0.15, -0.1) is 0 Å². The Morgan fingerprint density at radius 3 is 2.28 bits per heavy atom. The lowest BCUT2D eigenvalue weighted by molar-refractivity contribution is -0.146. The summed E-state index contributed by atoms with van der Waals surface area (Å²) >= 11 is 12.6. The molecule has 6 atom stereocenters. The van der Waals surface area contributed by atoms with Crippen molar-refractivity contribution in [1.29, 1.82) is 0 Å². The minimum absolute atomic E-state index is 0.0361. The number of nitrogens with one attached hydrogen (secondary N) is 1. The lowest BCUT2D eigenvalue weighted by Gasteiger charge is -2.51. The molecule has 54 heavy (non-hydrogen) atoms. The first-order valence-corrected chi connectivity index (χ1v) is 18.1. The number of allylic oxidation sites excluding steroid dienone is 2. The van der Waals surface area contributed by atoms with E-state index in [1.54, 1.807) is 63.2 Å². The Labute approximate surface area is 317 Å². The van der Waals surface area contributed by atoms with Gasteiger partial charge in [-0.05, 0) is 80.1 Å². The highest BCUT2D eigenvalue weighted by atomic mass is 35.5. The Balaban J connectivity index is 1.38. The van der Waals surface area contributed by atoms with Crippen LogP contribution in [0.4, 0.5) is 19.0 Å². The van der Waals surface area contributed by atoms with Crippen molar-refractivity contribution in [2.24, 2.45) is 23.7 Å². The fourth-order valence-electron chi connectivity index (χ4n) is 9.35. The van der Waals surface area contributed by atoms with E-state index in [0.29, 0.717) is 39.4 Å². The molecule has 0 spiro atoms. The summed E-state index contributed by atoms with van der Waals surface area (Å²) in [5.74, 6) is -7.26. The maximum atomic E-state index is 15.5. The highest BCUT2D eigenvalue weighted by Gasteiger charge is 2.71. The van der Waals surface area contributed by atoms with Crippen LogP contribution in [-0.2, 0) is 30.8 Å². The van der Waals surface area contributed by atoms with Crippen molar-refractivity contribution in [3.05, 3.63) is 111 Å². The second kappa shape index (κ2) is 12.3. The number of amides is 4. The van der Waals surface area contributed by atoms with Gasteiger partial charge < -0.3 is 5.11 Å². The van der Waals surface area contributed by atoms with E-state index in [-0.39, 0.29) is 36.2 Å². The Kier molecular flexibility index (Phi) is 8.21. The monoisotopic (exact) mass is 776 g/mol. The smallest absolute Gasteiger partial charge is 0.417 e. The van der Waals surface area contributed by atoms with E-state index in [1.165, 1.54) is 11.0 Å². The molecule has 2 aliphatic heterocycles. The third-order valence-corrected chi connectivity index (χ3v) is 12.0. The molecule has 4 aromatic rings. The maximum absolute atomic E-state index is 15.5. The molecule has 4 amide bonds. The van der Waals surface area contributed by atoms with Gasteiger partial charge in [-0.3, -0.25) is 29.5 Å². The predicted molar refractivity (Wildman–Crippen MR) is 194 cm³/mol. The number of fused-ring (bicyclic) bond motifs is 5. The van der Waals surface area contributed by atoms with Crippen LogP contribution in [0.25, 0.3) is 10.8 Å². The number of likely N-dealkylation sites (tertiary alicyclic amines) is 1. The third kappa shape index (κ3) is 5.16. The number of imide groups is 2. The molecule has 2 aliphatic carbocycles. The fourth-order valence-corrected chi connectivity index (χ4v) is 9.68. The van der Waals surface area contributed by atoms with Crippen molar-refractivity contribution in [1.82, 2.24) is 14.9 Å². The van der Waals surface area contributed by atoms with Crippen LogP contribution in [0.15, 0.2) is 84.6 Å². The van der Waals surface area contributed by atoms with E-state index >= 15 is 4.79 Å². The highest BCUT2D eigenvalue weighted by Crippen LogP contribution is 2.65. The van der Waals surface area contributed by atoms with Gasteiger partial charge in [-0.25, -0.2) is 4.98 Å². The third-order valence-electron chi connectivity index (χ3n) is 11.5. The average Bonchev–Trinajstić information content (AvgIpc) is 3.50. The first-order valence-electron chi connectivity index (χ1n) is 17.4. The van der Waals surface area contributed by atoms with Gasteiger partial charge in [0, 0.05) is 28.2 Å². The average molecular weight is 778 g/mol. The fraction of sp³-hybridized carbons (Fsp3) is 0.325. The Morgan fingerprint density at radius 2 is 1.61 bits per heavy atom. The van der Waals surface area contributed by atoms with Gasteiger partial charge in [-0.1, -0.05) is 77.3 Å². The molecule has 0 radical (unpaired) electrons. The van der Waals surface area contributed by atoms with E-state index in [1.807, 2.05) is 18.2 Å². The maximum Gasteiger partial charge on any atom is 0.417 e. The van der Waals surface area contributed by atoms with E-state index in [0.717, 1.165) is 10.4 Å². The zero-order valence-corrected chi connectivity index (χ0v) is 30.6. The first-order chi connectivity index (χ1) is 25.5. The van der Waals surface area contributed by atoms with E-state index in [2.05, 4.69) is 10.4 Å². The van der Waals surface area contributed by atoms with Crippen molar-refractivity contribution in [2.45, 2.75) is 56.7 Å². The van der Waals surface area contributed by atoms with E-state index < -0.39 is 69.1 Å². The number of aromatic nitrogens is 1. The molecule has 2 N–H and O–H groups in total. The van der Waals surface area contributed by atoms with Crippen LogP contribution in [0, 0.1) is 23.7 Å². The number of rotatable bonds is 4. The van der Waals surface area contributed by atoms with Crippen LogP contribution in [0.3, 0.4) is 0 Å². The molecule has 3 fully saturated rings. The topological polar surface area (TPSA) is 120 Å². The number of phenols is 1. The van der Waals surface area contributed by atoms with Gasteiger partial charge in [0.1, 0.15) is 5.75 Å². The summed E-state index contributed by atoms with van der Waals surface area (Å²) in [6, 6.07) is 17.6. The van der Waals surface area contributed by atoms with Crippen molar-refractivity contribution < 1.29 is 37.5 Å². The van der Waals surface area contributed by atoms with Crippen molar-refractivity contribution in [2.75, 3.05) is 5.43 Å². The summed E-state index contributed by atoms with van der Waals surface area (Å²) in [4.78, 5) is 63.8. The SMILES string of the molecule is CC(C)(C)N1C(=O)[C@H]2[C@H](CC=C3[C@H]2C[C@H]2C(=O)N(Nc4ncc(C(F)(F)F)cc4Cl)C(=O)[C@@]2(c2ccc(Cl)cc2)[C@H]3c2c(O)ccc3ccccc23)C1=O. The number of nitrogens with zero attached hydrogens (tertiary/aromatic N) is 3. The molecular formula is C40H33Cl2F3N4O5. The summed E-state index contributed by atoms with van der Waals surface area (Å²) in [7, 11) is 0. The van der Waals surface area contributed by atoms with Crippen LogP contribution >= 0.6 is 23.2 Å². The molecule has 8 rings (SSSR count). The summed E-state index contributed by atoms with van der Waals surface area (Å²) in [5.41, 5.74) is 0.245. The Bertz CT molecular complexity index is 2330. The summed E-state index contributed by atoms with van der Waals surface area (Å²) in [6.07, 6.45) is -2.18. The van der Waals surface area contributed by atoms with E-state index in [4.69, 9.17) is 23.2 Å². The van der Waals surface area contributed by atoms with Gasteiger partial charge in [0.25, 0.3) is 11.8 Å². The number of carbonyl (C=O) groups excluding carboxylic acids is 4. The molecule has 0 bridgehead atoms. The second-order valence-electron chi connectivity index (χ2n) is 15.3. The molecule has 0 unspecified atom stereocenters. The highest BCUT2D eigenvalue weighted by molar-refractivity contribution is 6.33. The van der Waals surface area contributed by atoms with Gasteiger partial charge in [0.05, 0.1) is 33.8 Å². The number of hydrazine groups is 1. The number of halogens is 5. The molecular weight excluding hydrogens is 744 g/mol. The van der Waals surface area contributed by atoms with Gasteiger partial charge in [0.2, 0.25) is 11.8 Å². The van der Waals surface area contributed by atoms with Gasteiger partial charge >= 0.3 is 6.18 Å². The number of phenolic OH excluding ortho intramolecular Hbond substituents is 1. The van der Waals surface area contributed by atoms with Crippen LogP contribution in [0.2, 0.25) is 10.0 Å². The number of hydrogen-bond acceptors (Lipinski definition) is 7. The largest absolute Gasteiger partial charge is 0.508 e. The predicted octanol–water partition coefficient (Wildman–Crippen LogP) is 8.05. The lowest BCUT2D eigenvalue weighted by Crippen LogP contribution is -2.53. The van der Waals surface area contributed by atoms with Crippen LogP contribution in [0.5, 0.6) is 5.75 Å². The Morgan fingerprint density at radius 1 is 0.907 bits per heavy atom. The molecule has 3 heterocycles. The van der Waals surface area contributed by atoms with Crippen LogP contribution in [-0.4, -0.2) is 49.2 Å².